The van der Waals surface area contributed by atoms with Gasteiger partial charge in [0.05, 0.1) is 12.7 Å². The highest BCUT2D eigenvalue weighted by atomic mass is 31.2. The lowest BCUT2D eigenvalue weighted by molar-refractivity contribution is 0.0600. The van der Waals surface area contributed by atoms with Crippen LogP contribution in [-0.2, 0) is 13.7 Å². The zero-order valence-electron chi connectivity index (χ0n) is 28.8. The van der Waals surface area contributed by atoms with E-state index in [-0.39, 0.29) is 11.0 Å². The van der Waals surface area contributed by atoms with E-state index in [9.17, 15) is 4.79 Å². The van der Waals surface area contributed by atoms with E-state index in [1.165, 1.54) is 17.5 Å². The first kappa shape index (κ1) is 36.0. The molecule has 0 bridgehead atoms. The molecule has 0 spiro atoms. The van der Waals surface area contributed by atoms with E-state index < -0.39 is 27.6 Å². The Morgan fingerprint density at radius 1 is 0.755 bits per heavy atom. The summed E-state index contributed by atoms with van der Waals surface area (Å²) in [5, 5.41) is 7.35. The fourth-order valence-corrected chi connectivity index (χ4v) is 13.8. The van der Waals surface area contributed by atoms with Gasteiger partial charge < -0.3 is 9.16 Å². The van der Waals surface area contributed by atoms with Gasteiger partial charge in [0.25, 0.3) is 8.32 Å². The molecule has 252 valence electrons. The monoisotopic (exact) mass is 687 g/mol. The molecule has 49 heavy (non-hydrogen) atoms. The van der Waals surface area contributed by atoms with Gasteiger partial charge in [0.15, 0.2) is 0 Å². The Kier molecular flexibility index (Phi) is 11.7. The van der Waals surface area contributed by atoms with Gasteiger partial charge in [-0.2, -0.15) is 0 Å². The Balaban J connectivity index is 1.55. The standard InChI is InChI=1S/C42H46NO4PSi/c1-6-33(31-32-47-49(42(2,3)4,38-23-15-9-16-24-38)39-25-17-10-18-26-39)40(34-27-29-35(30-28-34)41(44)46-5)43-48(45,36-19-11-7-12-20-36)37-21-13-8-14-22-37/h6-30,33,40H,1,31-32H2,2-5H3,(H,43,45)/t33-,40+/m1/s1. The maximum absolute atomic E-state index is 15.3. The Bertz CT molecular complexity index is 1760. The van der Waals surface area contributed by atoms with Crippen molar-refractivity contribution in [2.75, 3.05) is 13.7 Å². The van der Waals surface area contributed by atoms with Gasteiger partial charge in [-0.3, -0.25) is 9.65 Å². The number of hydrogen-bond donors (Lipinski definition) is 1. The van der Waals surface area contributed by atoms with Crippen LogP contribution < -0.4 is 26.1 Å². The van der Waals surface area contributed by atoms with E-state index in [4.69, 9.17) is 9.16 Å². The second-order valence-corrected chi connectivity index (χ2v) is 20.0. The van der Waals surface area contributed by atoms with Crippen LogP contribution in [0.1, 0.15) is 49.2 Å². The summed E-state index contributed by atoms with van der Waals surface area (Å²) < 4.78 is 27.6. The van der Waals surface area contributed by atoms with Crippen LogP contribution in [0.15, 0.2) is 158 Å². The lowest BCUT2D eigenvalue weighted by atomic mass is 9.91. The number of hydrogen-bond acceptors (Lipinski definition) is 4. The fourth-order valence-electron chi connectivity index (χ4n) is 6.66. The molecule has 0 heterocycles. The maximum Gasteiger partial charge on any atom is 0.337 e. The van der Waals surface area contributed by atoms with Gasteiger partial charge in [0, 0.05) is 23.3 Å². The molecular weight excluding hydrogens is 642 g/mol. The fraction of sp³-hybridized carbons (Fsp3) is 0.214. The molecule has 1 N–H and O–H groups in total. The van der Waals surface area contributed by atoms with Gasteiger partial charge in [0.2, 0.25) is 7.29 Å². The Labute approximate surface area is 292 Å². The summed E-state index contributed by atoms with van der Waals surface area (Å²) in [6.07, 6.45) is 2.55. The average molecular weight is 688 g/mol. The van der Waals surface area contributed by atoms with Crippen LogP contribution in [-0.4, -0.2) is 28.0 Å². The molecule has 0 saturated heterocycles. The highest BCUT2D eigenvalue weighted by molar-refractivity contribution is 7.76. The van der Waals surface area contributed by atoms with E-state index in [0.717, 1.165) is 5.56 Å². The summed E-state index contributed by atoms with van der Waals surface area (Å²) in [4.78, 5) is 12.3. The third-order valence-electron chi connectivity index (χ3n) is 9.17. The highest BCUT2D eigenvalue weighted by Gasteiger charge is 2.50. The number of benzene rings is 5. The molecule has 0 aromatic heterocycles. The van der Waals surface area contributed by atoms with Crippen molar-refractivity contribution < 1.29 is 18.5 Å². The molecule has 0 amide bonds. The van der Waals surface area contributed by atoms with Crippen molar-refractivity contribution in [1.29, 1.82) is 0 Å². The van der Waals surface area contributed by atoms with Crippen LogP contribution in [0.4, 0.5) is 0 Å². The van der Waals surface area contributed by atoms with Gasteiger partial charge in [-0.15, -0.1) is 6.58 Å². The number of carbonyl (C=O) groups excluding carboxylic acids is 1. The largest absolute Gasteiger partial charge is 0.465 e. The number of rotatable bonds is 14. The molecule has 7 heteroatoms. The van der Waals surface area contributed by atoms with Gasteiger partial charge in [0.1, 0.15) is 0 Å². The van der Waals surface area contributed by atoms with Gasteiger partial charge >= 0.3 is 5.97 Å². The van der Waals surface area contributed by atoms with Crippen LogP contribution in [0.3, 0.4) is 0 Å². The number of methoxy groups -OCH3 is 1. The Morgan fingerprint density at radius 2 is 1.20 bits per heavy atom. The topological polar surface area (TPSA) is 64.6 Å². The zero-order chi connectivity index (χ0) is 34.9. The third kappa shape index (κ3) is 7.79. The molecule has 0 fully saturated rings. The summed E-state index contributed by atoms with van der Waals surface area (Å²) in [7, 11) is -4.77. The van der Waals surface area contributed by atoms with Crippen LogP contribution >= 0.6 is 7.29 Å². The van der Waals surface area contributed by atoms with E-state index in [1.807, 2.05) is 91.0 Å². The lowest BCUT2D eigenvalue weighted by Gasteiger charge is -2.43. The van der Waals surface area contributed by atoms with Crippen molar-refractivity contribution in [1.82, 2.24) is 5.09 Å². The molecule has 0 saturated carbocycles. The molecule has 5 nitrogen and oxygen atoms in total. The molecule has 5 aromatic rings. The Hall–Kier alpha value is -4.32. The van der Waals surface area contributed by atoms with Crippen molar-refractivity contribution in [2.45, 2.75) is 38.3 Å². The minimum Gasteiger partial charge on any atom is -0.465 e. The van der Waals surface area contributed by atoms with Crippen LogP contribution in [0, 0.1) is 5.92 Å². The van der Waals surface area contributed by atoms with E-state index >= 15 is 4.57 Å². The number of nitrogens with one attached hydrogen (secondary N) is 1. The molecule has 0 aliphatic heterocycles. The SMILES string of the molecule is C=C[C@H](CCO[Si](c1ccccc1)(c1ccccc1)C(C)(C)C)[C@H](NP(=O)(c1ccccc1)c1ccccc1)c1ccc(C(=O)OC)cc1. The molecule has 0 aliphatic carbocycles. The van der Waals surface area contributed by atoms with E-state index in [2.05, 4.69) is 81.0 Å². The van der Waals surface area contributed by atoms with Crippen LogP contribution in [0.5, 0.6) is 0 Å². The molecule has 0 unspecified atom stereocenters. The van der Waals surface area contributed by atoms with Crippen LogP contribution in [0.2, 0.25) is 5.04 Å². The van der Waals surface area contributed by atoms with Crippen molar-refractivity contribution in [3.63, 3.8) is 0 Å². The minimum atomic E-state index is -3.36. The third-order valence-corrected chi connectivity index (χ3v) is 16.9. The molecule has 5 rings (SSSR count). The zero-order valence-corrected chi connectivity index (χ0v) is 30.7. The van der Waals surface area contributed by atoms with Crippen molar-refractivity contribution >= 4 is 42.6 Å². The van der Waals surface area contributed by atoms with Gasteiger partial charge in [-0.25, -0.2) is 4.79 Å². The normalized spacial score (nSPS) is 13.3. The number of ether oxygens (including phenoxy) is 1. The van der Waals surface area contributed by atoms with Crippen molar-refractivity contribution in [3.8, 4) is 0 Å². The second kappa shape index (κ2) is 15.9. The number of esters is 1. The first-order valence-corrected chi connectivity index (χ1v) is 20.3. The van der Waals surface area contributed by atoms with Crippen LogP contribution in [0.25, 0.3) is 0 Å². The molecule has 5 aromatic carbocycles. The molecule has 0 aliphatic rings. The predicted octanol–water partition coefficient (Wildman–Crippen LogP) is 7.80. The molecule has 2 atom stereocenters. The average Bonchev–Trinajstić information content (AvgIpc) is 3.15. The predicted molar refractivity (Wildman–Crippen MR) is 205 cm³/mol. The summed E-state index contributed by atoms with van der Waals surface area (Å²) >= 11 is 0. The summed E-state index contributed by atoms with van der Waals surface area (Å²) in [6, 6.07) is 47.3. The highest BCUT2D eigenvalue weighted by Crippen LogP contribution is 2.44. The first-order valence-electron chi connectivity index (χ1n) is 16.7. The minimum absolute atomic E-state index is 0.170. The smallest absolute Gasteiger partial charge is 0.337 e. The van der Waals surface area contributed by atoms with Gasteiger partial charge in [-0.1, -0.05) is 136 Å². The van der Waals surface area contributed by atoms with E-state index in [0.29, 0.717) is 29.2 Å². The summed E-state index contributed by atoms with van der Waals surface area (Å²) in [6.45, 7) is 11.5. The number of carbonyl (C=O) groups is 1. The first-order chi connectivity index (χ1) is 23.6. The van der Waals surface area contributed by atoms with Crippen molar-refractivity contribution in [2.24, 2.45) is 5.92 Å². The quantitative estimate of drug-likeness (QED) is 0.0559. The Morgan fingerprint density at radius 3 is 1.61 bits per heavy atom. The summed E-state index contributed by atoms with van der Waals surface area (Å²) in [5.74, 6) is -0.586. The molecular formula is C42H46NO4PSi. The summed E-state index contributed by atoms with van der Waals surface area (Å²) in [5.41, 5.74) is 1.33. The maximum atomic E-state index is 15.3. The van der Waals surface area contributed by atoms with Gasteiger partial charge in [-0.05, 0) is 69.7 Å². The van der Waals surface area contributed by atoms with Crippen molar-refractivity contribution in [3.05, 3.63) is 169 Å². The lowest BCUT2D eigenvalue weighted by Crippen LogP contribution is -2.66. The second-order valence-electron chi connectivity index (χ2n) is 13.2. The molecule has 0 radical (unpaired) electrons. The van der Waals surface area contributed by atoms with E-state index in [1.54, 1.807) is 12.1 Å².